The molecule has 1 rings (SSSR count). The largest absolute Gasteiger partial charge is 0.0955 e. The van der Waals surface area contributed by atoms with Crippen LogP contribution in [0.2, 0.25) is 0 Å². The highest BCUT2D eigenvalue weighted by atomic mass is 14.0. The van der Waals surface area contributed by atoms with E-state index >= 15 is 0 Å². The SMILES string of the molecule is C.C=C(C)c1ccccc1C.CC. The Labute approximate surface area is 83.3 Å². The quantitative estimate of drug-likeness (QED) is 0.585. The molecule has 0 N–H and O–H groups in total. The molecule has 0 aliphatic heterocycles. The molecule has 0 saturated heterocycles. The third-order valence-corrected chi connectivity index (χ3v) is 1.60. The highest BCUT2D eigenvalue weighted by molar-refractivity contribution is 5.63. The average Bonchev–Trinajstić information content (AvgIpc) is 2.08. The van der Waals surface area contributed by atoms with E-state index < -0.39 is 0 Å². The van der Waals surface area contributed by atoms with Gasteiger partial charge in [0.25, 0.3) is 0 Å². The number of aryl methyl sites for hydroxylation is 1. The maximum atomic E-state index is 3.89. The second-order valence-electron chi connectivity index (χ2n) is 2.60. The minimum atomic E-state index is 0. The average molecular weight is 178 g/mol. The minimum Gasteiger partial charge on any atom is -0.0955 e. The predicted octanol–water partition coefficient (Wildman–Crippen LogP) is 4.69. The zero-order valence-electron chi connectivity index (χ0n) is 8.52. The third-order valence-electron chi connectivity index (χ3n) is 1.60. The van der Waals surface area contributed by atoms with Gasteiger partial charge in [-0.15, -0.1) is 0 Å². The summed E-state index contributed by atoms with van der Waals surface area (Å²) in [6, 6.07) is 8.28. The first-order chi connectivity index (χ1) is 5.72. The summed E-state index contributed by atoms with van der Waals surface area (Å²) in [7, 11) is 0. The molecule has 1 aromatic carbocycles. The molecule has 0 aromatic heterocycles. The Kier molecular flexibility index (Phi) is 8.47. The van der Waals surface area contributed by atoms with Crippen molar-refractivity contribution in [3.63, 3.8) is 0 Å². The lowest BCUT2D eigenvalue weighted by Crippen LogP contribution is -1.81. The van der Waals surface area contributed by atoms with E-state index in [0.29, 0.717) is 0 Å². The molecule has 0 radical (unpaired) electrons. The molecule has 0 unspecified atom stereocenters. The summed E-state index contributed by atoms with van der Waals surface area (Å²) in [4.78, 5) is 0. The van der Waals surface area contributed by atoms with Crippen molar-refractivity contribution in [2.24, 2.45) is 0 Å². The summed E-state index contributed by atoms with van der Waals surface area (Å²) in [5, 5.41) is 0. The van der Waals surface area contributed by atoms with E-state index in [0.717, 1.165) is 5.57 Å². The summed E-state index contributed by atoms with van der Waals surface area (Å²) < 4.78 is 0. The number of allylic oxidation sites excluding steroid dienone is 1. The summed E-state index contributed by atoms with van der Waals surface area (Å²) in [5.74, 6) is 0. The third kappa shape index (κ3) is 4.51. The maximum absolute atomic E-state index is 3.89. The van der Waals surface area contributed by atoms with Crippen LogP contribution in [0, 0.1) is 6.92 Å². The van der Waals surface area contributed by atoms with Crippen LogP contribution in [0.3, 0.4) is 0 Å². The van der Waals surface area contributed by atoms with Crippen LogP contribution in [-0.2, 0) is 0 Å². The Morgan fingerprint density at radius 3 is 1.92 bits per heavy atom. The van der Waals surface area contributed by atoms with Crippen molar-refractivity contribution in [1.29, 1.82) is 0 Å². The molecule has 0 saturated carbocycles. The fourth-order valence-corrected chi connectivity index (χ4v) is 1.05. The van der Waals surface area contributed by atoms with Crippen molar-refractivity contribution in [3.05, 3.63) is 42.0 Å². The molecule has 0 aliphatic rings. The van der Waals surface area contributed by atoms with Gasteiger partial charge in [0, 0.05) is 0 Å². The van der Waals surface area contributed by atoms with Gasteiger partial charge < -0.3 is 0 Å². The Morgan fingerprint density at radius 2 is 1.62 bits per heavy atom. The molecule has 0 nitrogen and oxygen atoms in total. The molecule has 74 valence electrons. The molecule has 0 amide bonds. The molecule has 13 heavy (non-hydrogen) atoms. The van der Waals surface area contributed by atoms with Crippen LogP contribution >= 0.6 is 0 Å². The normalized spacial score (nSPS) is 7.69. The van der Waals surface area contributed by atoms with Crippen molar-refractivity contribution >= 4 is 5.57 Å². The van der Waals surface area contributed by atoms with E-state index in [4.69, 9.17) is 0 Å². The lowest BCUT2D eigenvalue weighted by atomic mass is 10.0. The Balaban J connectivity index is 0. The fourth-order valence-electron chi connectivity index (χ4n) is 1.05. The van der Waals surface area contributed by atoms with Gasteiger partial charge in [-0.25, -0.2) is 0 Å². The van der Waals surface area contributed by atoms with Gasteiger partial charge in [0.2, 0.25) is 0 Å². The van der Waals surface area contributed by atoms with E-state index in [1.807, 2.05) is 32.9 Å². The number of hydrogen-bond acceptors (Lipinski definition) is 0. The molecular weight excluding hydrogens is 156 g/mol. The lowest BCUT2D eigenvalue weighted by Gasteiger charge is -2.02. The minimum absolute atomic E-state index is 0. The summed E-state index contributed by atoms with van der Waals surface area (Å²) >= 11 is 0. The van der Waals surface area contributed by atoms with E-state index in [-0.39, 0.29) is 7.43 Å². The van der Waals surface area contributed by atoms with Crippen molar-refractivity contribution < 1.29 is 0 Å². The van der Waals surface area contributed by atoms with Crippen molar-refractivity contribution in [2.75, 3.05) is 0 Å². The zero-order chi connectivity index (χ0) is 9.56. The zero-order valence-corrected chi connectivity index (χ0v) is 8.52. The van der Waals surface area contributed by atoms with E-state index in [1.165, 1.54) is 11.1 Å². The van der Waals surface area contributed by atoms with Gasteiger partial charge in [0.15, 0.2) is 0 Å². The van der Waals surface area contributed by atoms with Crippen molar-refractivity contribution in [3.8, 4) is 0 Å². The van der Waals surface area contributed by atoms with Crippen LogP contribution in [0.1, 0.15) is 39.3 Å². The number of benzene rings is 1. The van der Waals surface area contributed by atoms with Crippen LogP contribution in [0.5, 0.6) is 0 Å². The van der Waals surface area contributed by atoms with Gasteiger partial charge in [-0.1, -0.05) is 57.7 Å². The first-order valence-electron chi connectivity index (χ1n) is 4.43. The summed E-state index contributed by atoms with van der Waals surface area (Å²) in [6.45, 7) is 12.0. The highest BCUT2D eigenvalue weighted by Gasteiger charge is 1.94. The first-order valence-corrected chi connectivity index (χ1v) is 4.43. The smallest absolute Gasteiger partial charge is 0.0204 e. The molecule has 0 spiro atoms. The fraction of sp³-hybridized carbons (Fsp3) is 0.385. The van der Waals surface area contributed by atoms with Crippen LogP contribution in [0.4, 0.5) is 0 Å². The number of rotatable bonds is 1. The summed E-state index contributed by atoms with van der Waals surface area (Å²) in [5.41, 5.74) is 3.70. The van der Waals surface area contributed by atoms with Gasteiger partial charge in [0.05, 0.1) is 0 Å². The van der Waals surface area contributed by atoms with Crippen LogP contribution in [-0.4, -0.2) is 0 Å². The Bertz CT molecular complexity index is 246. The second-order valence-corrected chi connectivity index (χ2v) is 2.60. The molecule has 0 heteroatoms. The predicted molar refractivity (Wildman–Crippen MR) is 64.0 cm³/mol. The molecule has 1 aromatic rings. The monoisotopic (exact) mass is 178 g/mol. The van der Waals surface area contributed by atoms with Crippen LogP contribution < -0.4 is 0 Å². The molecule has 0 atom stereocenters. The topological polar surface area (TPSA) is 0 Å². The van der Waals surface area contributed by atoms with Crippen molar-refractivity contribution in [1.82, 2.24) is 0 Å². The second kappa shape index (κ2) is 7.60. The van der Waals surface area contributed by atoms with Crippen LogP contribution in [0.15, 0.2) is 30.8 Å². The highest BCUT2D eigenvalue weighted by Crippen LogP contribution is 2.14. The van der Waals surface area contributed by atoms with Crippen molar-refractivity contribution in [2.45, 2.75) is 35.1 Å². The van der Waals surface area contributed by atoms with Crippen LogP contribution in [0.25, 0.3) is 5.57 Å². The molecule has 0 bridgehead atoms. The van der Waals surface area contributed by atoms with E-state index in [2.05, 4.69) is 25.6 Å². The molecule has 0 fully saturated rings. The van der Waals surface area contributed by atoms with Gasteiger partial charge in [-0.05, 0) is 25.0 Å². The summed E-state index contributed by atoms with van der Waals surface area (Å²) in [6.07, 6.45) is 0. The van der Waals surface area contributed by atoms with E-state index in [9.17, 15) is 0 Å². The van der Waals surface area contributed by atoms with Gasteiger partial charge >= 0.3 is 0 Å². The Hall–Kier alpha value is -1.04. The van der Waals surface area contributed by atoms with E-state index in [1.54, 1.807) is 0 Å². The molecule has 0 heterocycles. The van der Waals surface area contributed by atoms with Gasteiger partial charge in [-0.3, -0.25) is 0 Å². The van der Waals surface area contributed by atoms with Gasteiger partial charge in [0.1, 0.15) is 0 Å². The first kappa shape index (κ1) is 14.5. The number of hydrogen-bond donors (Lipinski definition) is 0. The molecule has 0 aliphatic carbocycles. The maximum Gasteiger partial charge on any atom is -0.0204 e. The Morgan fingerprint density at radius 1 is 1.15 bits per heavy atom. The lowest BCUT2D eigenvalue weighted by molar-refractivity contribution is 1.41. The standard InChI is InChI=1S/C10H12.C2H6.CH4/c1-8(2)10-7-5-4-6-9(10)3;1-2;/h4-7H,1H2,2-3H3;1-2H3;1H4. The molecular formula is C13H22. The van der Waals surface area contributed by atoms with Gasteiger partial charge in [-0.2, -0.15) is 0 Å².